The number of aliphatic hydroxyl groups is 1. The van der Waals surface area contributed by atoms with E-state index in [0.29, 0.717) is 0 Å². The Morgan fingerprint density at radius 1 is 1.33 bits per heavy atom. The first kappa shape index (κ1) is 12.2. The van der Waals surface area contributed by atoms with Crippen LogP contribution in [0.1, 0.15) is 0 Å². The van der Waals surface area contributed by atoms with Crippen molar-refractivity contribution >= 4 is 9.84 Å². The highest BCUT2D eigenvalue weighted by atomic mass is 32.2. The van der Waals surface area contributed by atoms with Crippen LogP contribution in [0.15, 0.2) is 35.2 Å². The second kappa shape index (κ2) is 5.25. The standard InChI is InChI=1S/C10H15NO3S/c1-11-7-9(12)8-15(13,14)10-5-3-2-4-6-10/h2-6,9,11-12H,7-8H2,1H3. The molecule has 1 rings (SSSR count). The van der Waals surface area contributed by atoms with E-state index in [2.05, 4.69) is 5.32 Å². The summed E-state index contributed by atoms with van der Waals surface area (Å²) in [6, 6.07) is 8.14. The molecule has 5 heteroatoms. The molecule has 1 aromatic carbocycles. The first-order valence-electron chi connectivity index (χ1n) is 4.67. The average Bonchev–Trinajstić information content (AvgIpc) is 2.18. The number of hydrogen-bond acceptors (Lipinski definition) is 4. The number of benzene rings is 1. The van der Waals surface area contributed by atoms with Crippen molar-refractivity contribution in [2.75, 3.05) is 19.3 Å². The lowest BCUT2D eigenvalue weighted by molar-refractivity contribution is 0.197. The molecule has 1 aromatic rings. The smallest absolute Gasteiger partial charge is 0.180 e. The highest BCUT2D eigenvalue weighted by Crippen LogP contribution is 2.10. The van der Waals surface area contributed by atoms with Gasteiger partial charge >= 0.3 is 0 Å². The van der Waals surface area contributed by atoms with Gasteiger partial charge in [0.15, 0.2) is 9.84 Å². The Kier molecular flexibility index (Phi) is 4.26. The zero-order valence-electron chi connectivity index (χ0n) is 8.55. The van der Waals surface area contributed by atoms with Gasteiger partial charge in [0.2, 0.25) is 0 Å². The number of rotatable bonds is 5. The Labute approximate surface area is 89.9 Å². The van der Waals surface area contributed by atoms with Crippen molar-refractivity contribution in [3.63, 3.8) is 0 Å². The summed E-state index contributed by atoms with van der Waals surface area (Å²) in [7, 11) is -1.71. The molecule has 84 valence electrons. The van der Waals surface area contributed by atoms with Gasteiger partial charge in [0.05, 0.1) is 16.8 Å². The van der Waals surface area contributed by atoms with Gasteiger partial charge in [-0.3, -0.25) is 0 Å². The molecular weight excluding hydrogens is 214 g/mol. The second-order valence-corrected chi connectivity index (χ2v) is 5.34. The summed E-state index contributed by atoms with van der Waals surface area (Å²) in [5, 5.41) is 12.1. The lowest BCUT2D eigenvalue weighted by Gasteiger charge is -2.10. The maximum Gasteiger partial charge on any atom is 0.180 e. The van der Waals surface area contributed by atoms with Crippen LogP contribution in [-0.2, 0) is 9.84 Å². The van der Waals surface area contributed by atoms with Crippen molar-refractivity contribution in [2.45, 2.75) is 11.0 Å². The second-order valence-electron chi connectivity index (χ2n) is 3.31. The van der Waals surface area contributed by atoms with Crippen molar-refractivity contribution in [3.8, 4) is 0 Å². The third-order valence-electron chi connectivity index (χ3n) is 1.95. The van der Waals surface area contributed by atoms with E-state index in [0.717, 1.165) is 0 Å². The van der Waals surface area contributed by atoms with Gasteiger partial charge in [0, 0.05) is 6.54 Å². The number of hydrogen-bond donors (Lipinski definition) is 2. The lowest BCUT2D eigenvalue weighted by Crippen LogP contribution is -2.30. The highest BCUT2D eigenvalue weighted by molar-refractivity contribution is 7.91. The first-order valence-corrected chi connectivity index (χ1v) is 6.32. The first-order chi connectivity index (χ1) is 7.06. The molecule has 0 aliphatic carbocycles. The van der Waals surface area contributed by atoms with Crippen LogP contribution in [0, 0.1) is 0 Å². The van der Waals surface area contributed by atoms with Gasteiger partial charge in [-0.25, -0.2) is 8.42 Å². The van der Waals surface area contributed by atoms with Crippen molar-refractivity contribution in [1.82, 2.24) is 5.32 Å². The molecule has 0 aliphatic rings. The van der Waals surface area contributed by atoms with Gasteiger partial charge in [0.25, 0.3) is 0 Å². The number of likely N-dealkylation sites (N-methyl/N-ethyl adjacent to an activating group) is 1. The summed E-state index contributed by atoms with van der Waals surface area (Å²) in [6.07, 6.45) is -0.875. The van der Waals surface area contributed by atoms with Gasteiger partial charge in [-0.15, -0.1) is 0 Å². The van der Waals surface area contributed by atoms with Crippen LogP contribution in [-0.4, -0.2) is 39.0 Å². The van der Waals surface area contributed by atoms with Crippen LogP contribution < -0.4 is 5.32 Å². The minimum absolute atomic E-state index is 0.250. The maximum atomic E-state index is 11.7. The zero-order chi connectivity index (χ0) is 11.3. The van der Waals surface area contributed by atoms with Crippen LogP contribution in [0.4, 0.5) is 0 Å². The molecule has 4 nitrogen and oxygen atoms in total. The Morgan fingerprint density at radius 3 is 2.47 bits per heavy atom. The Bertz CT molecular complexity index is 388. The van der Waals surface area contributed by atoms with E-state index in [-0.39, 0.29) is 17.2 Å². The summed E-state index contributed by atoms with van der Waals surface area (Å²) in [4.78, 5) is 0.250. The van der Waals surface area contributed by atoms with Gasteiger partial charge in [-0.2, -0.15) is 0 Å². The summed E-state index contributed by atoms with van der Waals surface area (Å²) in [6.45, 7) is 0.270. The maximum absolute atomic E-state index is 11.7. The molecule has 0 bridgehead atoms. The molecule has 15 heavy (non-hydrogen) atoms. The Balaban J connectivity index is 2.77. The van der Waals surface area contributed by atoms with Crippen molar-refractivity contribution in [1.29, 1.82) is 0 Å². The van der Waals surface area contributed by atoms with Gasteiger partial charge in [-0.05, 0) is 19.2 Å². The van der Waals surface area contributed by atoms with Crippen LogP contribution in [0.2, 0.25) is 0 Å². The molecular formula is C10H15NO3S. The summed E-state index contributed by atoms with van der Waals surface area (Å²) in [5.74, 6) is -0.252. The molecule has 0 fully saturated rings. The minimum Gasteiger partial charge on any atom is -0.391 e. The fourth-order valence-electron chi connectivity index (χ4n) is 1.27. The SMILES string of the molecule is CNCC(O)CS(=O)(=O)c1ccccc1. The third-order valence-corrected chi connectivity index (χ3v) is 3.77. The summed E-state index contributed by atoms with van der Waals surface area (Å²) < 4.78 is 23.5. The zero-order valence-corrected chi connectivity index (χ0v) is 9.37. The quantitative estimate of drug-likeness (QED) is 0.748. The molecule has 0 saturated heterocycles. The highest BCUT2D eigenvalue weighted by Gasteiger charge is 2.18. The van der Waals surface area contributed by atoms with E-state index in [1.54, 1.807) is 25.2 Å². The van der Waals surface area contributed by atoms with Crippen LogP contribution in [0.3, 0.4) is 0 Å². The van der Waals surface area contributed by atoms with Crippen molar-refractivity contribution in [2.24, 2.45) is 0 Å². The fourth-order valence-corrected chi connectivity index (χ4v) is 2.66. The van der Waals surface area contributed by atoms with E-state index < -0.39 is 15.9 Å². The normalized spacial score (nSPS) is 13.7. The molecule has 1 atom stereocenters. The van der Waals surface area contributed by atoms with Crippen LogP contribution in [0.25, 0.3) is 0 Å². The van der Waals surface area contributed by atoms with E-state index in [1.807, 2.05) is 0 Å². The third kappa shape index (κ3) is 3.62. The minimum atomic E-state index is -3.37. The molecule has 0 aromatic heterocycles. The predicted molar refractivity (Wildman–Crippen MR) is 58.4 cm³/mol. The molecule has 0 aliphatic heterocycles. The molecule has 0 amide bonds. The Morgan fingerprint density at radius 2 is 1.93 bits per heavy atom. The van der Waals surface area contributed by atoms with Crippen molar-refractivity contribution in [3.05, 3.63) is 30.3 Å². The van der Waals surface area contributed by atoms with E-state index in [1.165, 1.54) is 12.1 Å². The number of sulfone groups is 1. The molecule has 0 saturated carbocycles. The summed E-state index contributed by atoms with van der Waals surface area (Å²) >= 11 is 0. The molecule has 0 radical (unpaired) electrons. The lowest BCUT2D eigenvalue weighted by atomic mass is 10.4. The van der Waals surface area contributed by atoms with E-state index in [9.17, 15) is 13.5 Å². The predicted octanol–water partition coefficient (Wildman–Crippen LogP) is 0.0406. The molecule has 0 spiro atoms. The Hall–Kier alpha value is -0.910. The molecule has 0 heterocycles. The topological polar surface area (TPSA) is 66.4 Å². The fraction of sp³-hybridized carbons (Fsp3) is 0.400. The summed E-state index contributed by atoms with van der Waals surface area (Å²) in [5.41, 5.74) is 0. The number of aliphatic hydroxyl groups excluding tert-OH is 1. The van der Waals surface area contributed by atoms with Gasteiger partial charge in [0.1, 0.15) is 0 Å². The van der Waals surface area contributed by atoms with Crippen molar-refractivity contribution < 1.29 is 13.5 Å². The van der Waals surface area contributed by atoms with E-state index >= 15 is 0 Å². The monoisotopic (exact) mass is 229 g/mol. The van der Waals surface area contributed by atoms with Gasteiger partial charge < -0.3 is 10.4 Å². The molecule has 2 N–H and O–H groups in total. The van der Waals surface area contributed by atoms with Gasteiger partial charge in [-0.1, -0.05) is 18.2 Å². The van der Waals surface area contributed by atoms with Crippen LogP contribution in [0.5, 0.6) is 0 Å². The average molecular weight is 229 g/mol. The van der Waals surface area contributed by atoms with E-state index in [4.69, 9.17) is 0 Å². The van der Waals surface area contributed by atoms with Crippen LogP contribution >= 0.6 is 0 Å². The molecule has 1 unspecified atom stereocenters. The number of nitrogens with one attached hydrogen (secondary N) is 1. The largest absolute Gasteiger partial charge is 0.391 e.